The van der Waals surface area contributed by atoms with E-state index in [9.17, 15) is 17.6 Å². The maximum absolute atomic E-state index is 12.9. The third kappa shape index (κ3) is 3.56. The summed E-state index contributed by atoms with van der Waals surface area (Å²) in [6.07, 6.45) is 0. The smallest absolute Gasteiger partial charge is 0.257 e. The SMILES string of the molecule is Nc1cc(F)ccc1C(=O)Nc1ccc(S(N)(=O)=O)cc1. The summed E-state index contributed by atoms with van der Waals surface area (Å²) in [5.41, 5.74) is 6.04. The third-order valence-electron chi connectivity index (χ3n) is 2.70. The first-order chi connectivity index (χ1) is 9.77. The van der Waals surface area contributed by atoms with Crippen LogP contribution >= 0.6 is 0 Å². The van der Waals surface area contributed by atoms with Gasteiger partial charge < -0.3 is 11.1 Å². The van der Waals surface area contributed by atoms with Crippen LogP contribution in [-0.4, -0.2) is 14.3 Å². The average molecular weight is 309 g/mol. The van der Waals surface area contributed by atoms with Crippen molar-refractivity contribution in [1.29, 1.82) is 0 Å². The fraction of sp³-hybridized carbons (Fsp3) is 0. The average Bonchev–Trinajstić information content (AvgIpc) is 2.38. The maximum Gasteiger partial charge on any atom is 0.257 e. The van der Waals surface area contributed by atoms with Crippen molar-refractivity contribution in [2.24, 2.45) is 5.14 Å². The number of amides is 1. The van der Waals surface area contributed by atoms with E-state index in [1.165, 1.54) is 30.3 Å². The zero-order valence-electron chi connectivity index (χ0n) is 10.7. The molecule has 2 rings (SSSR count). The summed E-state index contributed by atoms with van der Waals surface area (Å²) in [6.45, 7) is 0. The lowest BCUT2D eigenvalue weighted by Gasteiger charge is -2.08. The van der Waals surface area contributed by atoms with Gasteiger partial charge in [-0.15, -0.1) is 0 Å². The van der Waals surface area contributed by atoms with Crippen LogP contribution in [0.1, 0.15) is 10.4 Å². The van der Waals surface area contributed by atoms with Crippen molar-refractivity contribution in [3.05, 3.63) is 53.8 Å². The molecule has 0 radical (unpaired) electrons. The minimum atomic E-state index is -3.79. The van der Waals surface area contributed by atoms with E-state index in [2.05, 4.69) is 5.32 Å². The molecule has 0 aliphatic carbocycles. The highest BCUT2D eigenvalue weighted by Gasteiger charge is 2.12. The number of benzene rings is 2. The van der Waals surface area contributed by atoms with Crippen LogP contribution in [0, 0.1) is 5.82 Å². The molecule has 0 saturated heterocycles. The number of carbonyl (C=O) groups excluding carboxylic acids is 1. The van der Waals surface area contributed by atoms with Crippen molar-refractivity contribution < 1.29 is 17.6 Å². The molecule has 2 aromatic rings. The summed E-state index contributed by atoms with van der Waals surface area (Å²) in [4.78, 5) is 11.9. The number of anilines is 2. The summed E-state index contributed by atoms with van der Waals surface area (Å²) in [5, 5.41) is 7.49. The quantitative estimate of drug-likeness (QED) is 0.741. The molecule has 0 aliphatic heterocycles. The highest BCUT2D eigenvalue weighted by atomic mass is 32.2. The molecular formula is C13H12FN3O3S. The fourth-order valence-electron chi connectivity index (χ4n) is 1.67. The minimum Gasteiger partial charge on any atom is -0.398 e. The number of nitrogen functional groups attached to an aromatic ring is 1. The van der Waals surface area contributed by atoms with Crippen LogP contribution in [0.3, 0.4) is 0 Å². The largest absolute Gasteiger partial charge is 0.398 e. The number of rotatable bonds is 3. The molecule has 6 nitrogen and oxygen atoms in total. The standard InChI is InChI=1S/C13H12FN3O3S/c14-8-1-6-11(12(15)7-8)13(18)17-9-2-4-10(5-3-9)21(16,19)20/h1-7H,15H2,(H,17,18)(H2,16,19,20). The van der Waals surface area contributed by atoms with Gasteiger partial charge in [-0.25, -0.2) is 17.9 Å². The Morgan fingerprint density at radius 3 is 2.24 bits per heavy atom. The first-order valence-corrected chi connectivity index (χ1v) is 7.31. The monoisotopic (exact) mass is 309 g/mol. The van der Waals surface area contributed by atoms with Crippen molar-refractivity contribution in [2.75, 3.05) is 11.1 Å². The second-order valence-corrected chi connectivity index (χ2v) is 5.82. The minimum absolute atomic E-state index is 0.00801. The molecule has 0 aromatic heterocycles. The van der Waals surface area contributed by atoms with Crippen LogP contribution in [0.4, 0.5) is 15.8 Å². The predicted molar refractivity (Wildman–Crippen MR) is 76.6 cm³/mol. The Labute approximate surface area is 120 Å². The number of halogens is 1. The summed E-state index contributed by atoms with van der Waals surface area (Å²) in [6, 6.07) is 8.72. The molecule has 21 heavy (non-hydrogen) atoms. The number of nitrogens with one attached hydrogen (secondary N) is 1. The Hall–Kier alpha value is -2.45. The van der Waals surface area contributed by atoms with E-state index >= 15 is 0 Å². The molecule has 0 spiro atoms. The summed E-state index contributed by atoms with van der Waals surface area (Å²) < 4.78 is 35.1. The summed E-state index contributed by atoms with van der Waals surface area (Å²) in [7, 11) is -3.79. The van der Waals surface area contributed by atoms with Crippen molar-refractivity contribution in [3.63, 3.8) is 0 Å². The molecule has 1 amide bonds. The maximum atomic E-state index is 12.9. The van der Waals surface area contributed by atoms with Crippen LogP contribution < -0.4 is 16.2 Å². The van der Waals surface area contributed by atoms with Gasteiger partial charge in [0.05, 0.1) is 10.5 Å². The van der Waals surface area contributed by atoms with E-state index < -0.39 is 21.7 Å². The van der Waals surface area contributed by atoms with Crippen molar-refractivity contribution in [1.82, 2.24) is 0 Å². The zero-order valence-corrected chi connectivity index (χ0v) is 11.5. The molecule has 0 bridgehead atoms. The molecule has 110 valence electrons. The van der Waals surface area contributed by atoms with Crippen molar-refractivity contribution in [2.45, 2.75) is 4.90 Å². The molecule has 0 heterocycles. The van der Waals surface area contributed by atoms with Crippen LogP contribution in [0.5, 0.6) is 0 Å². The lowest BCUT2D eigenvalue weighted by molar-refractivity contribution is 0.102. The van der Waals surface area contributed by atoms with Gasteiger partial charge in [0.15, 0.2) is 0 Å². The van der Waals surface area contributed by atoms with E-state index in [0.717, 1.165) is 12.1 Å². The molecule has 5 N–H and O–H groups in total. The lowest BCUT2D eigenvalue weighted by atomic mass is 10.1. The predicted octanol–water partition coefficient (Wildman–Crippen LogP) is 1.31. The molecule has 0 aliphatic rings. The molecular weight excluding hydrogens is 297 g/mol. The second-order valence-electron chi connectivity index (χ2n) is 4.26. The molecule has 0 atom stereocenters. The Balaban J connectivity index is 2.20. The first-order valence-electron chi connectivity index (χ1n) is 5.76. The third-order valence-corrected chi connectivity index (χ3v) is 3.63. The summed E-state index contributed by atoms with van der Waals surface area (Å²) >= 11 is 0. The molecule has 0 fully saturated rings. The molecule has 2 aromatic carbocycles. The van der Waals surface area contributed by atoms with E-state index in [1.54, 1.807) is 0 Å². The van der Waals surface area contributed by atoms with Gasteiger partial charge in [0.1, 0.15) is 5.82 Å². The van der Waals surface area contributed by atoms with Crippen LogP contribution in [-0.2, 0) is 10.0 Å². The van der Waals surface area contributed by atoms with E-state index in [4.69, 9.17) is 10.9 Å². The number of nitrogens with two attached hydrogens (primary N) is 2. The second kappa shape index (κ2) is 5.51. The van der Waals surface area contributed by atoms with Gasteiger partial charge in [0.2, 0.25) is 10.0 Å². The normalized spacial score (nSPS) is 11.1. The number of hydrogen-bond acceptors (Lipinski definition) is 4. The first kappa shape index (κ1) is 14.9. The highest BCUT2D eigenvalue weighted by molar-refractivity contribution is 7.89. The Morgan fingerprint density at radius 1 is 1.10 bits per heavy atom. The molecule has 0 saturated carbocycles. The molecule has 8 heteroatoms. The van der Waals surface area contributed by atoms with Crippen LogP contribution in [0.2, 0.25) is 0 Å². The molecule has 0 unspecified atom stereocenters. The topological polar surface area (TPSA) is 115 Å². The van der Waals surface area contributed by atoms with E-state index in [1.807, 2.05) is 0 Å². The van der Waals surface area contributed by atoms with Gasteiger partial charge in [-0.1, -0.05) is 0 Å². The van der Waals surface area contributed by atoms with Gasteiger partial charge in [-0.05, 0) is 42.5 Å². The van der Waals surface area contributed by atoms with Gasteiger partial charge in [-0.2, -0.15) is 0 Å². The highest BCUT2D eigenvalue weighted by Crippen LogP contribution is 2.17. The van der Waals surface area contributed by atoms with Crippen LogP contribution in [0.15, 0.2) is 47.4 Å². The van der Waals surface area contributed by atoms with E-state index in [-0.39, 0.29) is 16.1 Å². The zero-order chi connectivity index (χ0) is 15.6. The fourth-order valence-corrected chi connectivity index (χ4v) is 2.18. The van der Waals surface area contributed by atoms with Crippen LogP contribution in [0.25, 0.3) is 0 Å². The van der Waals surface area contributed by atoms with E-state index in [0.29, 0.717) is 5.69 Å². The Morgan fingerprint density at radius 2 is 1.71 bits per heavy atom. The number of primary sulfonamides is 1. The number of sulfonamides is 1. The number of carbonyl (C=O) groups is 1. The van der Waals surface area contributed by atoms with Gasteiger partial charge in [0, 0.05) is 11.4 Å². The lowest BCUT2D eigenvalue weighted by Crippen LogP contribution is -2.15. The Kier molecular flexibility index (Phi) is 3.92. The summed E-state index contributed by atoms with van der Waals surface area (Å²) in [5.74, 6) is -1.07. The van der Waals surface area contributed by atoms with Gasteiger partial charge in [-0.3, -0.25) is 4.79 Å². The van der Waals surface area contributed by atoms with Crippen molar-refractivity contribution in [3.8, 4) is 0 Å². The van der Waals surface area contributed by atoms with Crippen molar-refractivity contribution >= 4 is 27.3 Å². The Bertz CT molecular complexity index is 789. The van der Waals surface area contributed by atoms with Gasteiger partial charge in [0.25, 0.3) is 5.91 Å². The van der Waals surface area contributed by atoms with Gasteiger partial charge >= 0.3 is 0 Å². The number of hydrogen-bond donors (Lipinski definition) is 3.